The molecule has 0 amide bonds. The first-order chi connectivity index (χ1) is 5.54. The molecule has 1 nitrogen and oxygen atoms in total. The Morgan fingerprint density at radius 3 is 1.58 bits per heavy atom. The number of Topliss-reactive ketones (excluding diaryl/α,β-unsaturated/α-hetero) is 1. The third kappa shape index (κ3) is 1.60. The molecule has 0 aromatic heterocycles. The molecule has 1 aliphatic rings. The lowest BCUT2D eigenvalue weighted by atomic mass is 9.85. The van der Waals surface area contributed by atoms with Gasteiger partial charge in [0.15, 0.2) is 0 Å². The van der Waals surface area contributed by atoms with Gasteiger partial charge in [0, 0.05) is 11.8 Å². The van der Waals surface area contributed by atoms with Crippen LogP contribution in [-0.4, -0.2) is 5.78 Å². The van der Waals surface area contributed by atoms with Crippen LogP contribution in [0.15, 0.2) is 12.2 Å². The topological polar surface area (TPSA) is 17.1 Å². The van der Waals surface area contributed by atoms with E-state index >= 15 is 0 Å². The number of hydrogen-bond donors (Lipinski definition) is 0. The van der Waals surface area contributed by atoms with Crippen molar-refractivity contribution in [2.45, 2.75) is 27.7 Å². The van der Waals surface area contributed by atoms with E-state index in [9.17, 15) is 4.79 Å². The van der Waals surface area contributed by atoms with Crippen LogP contribution in [0.25, 0.3) is 0 Å². The van der Waals surface area contributed by atoms with E-state index in [1.54, 1.807) is 0 Å². The third-order valence-corrected chi connectivity index (χ3v) is 3.19. The van der Waals surface area contributed by atoms with E-state index in [-0.39, 0.29) is 11.8 Å². The normalized spacial score (nSPS) is 42.8. The smallest absolute Gasteiger partial charge is 0.139 e. The molecule has 1 heteroatoms. The molecule has 0 bridgehead atoms. The Labute approximate surface area is 74.9 Å². The second-order valence-corrected chi connectivity index (χ2v) is 4.08. The minimum absolute atomic E-state index is 0.196. The lowest BCUT2D eigenvalue weighted by Crippen LogP contribution is -2.24. The Morgan fingerprint density at radius 1 is 0.917 bits per heavy atom. The molecule has 0 radical (unpaired) electrons. The third-order valence-electron chi connectivity index (χ3n) is 3.19. The van der Waals surface area contributed by atoms with Crippen molar-refractivity contribution >= 4 is 5.78 Å². The number of carbonyl (C=O) groups excluding carboxylic acids is 1. The Kier molecular flexibility index (Phi) is 2.71. The van der Waals surface area contributed by atoms with Crippen LogP contribution in [0.5, 0.6) is 0 Å². The zero-order chi connectivity index (χ0) is 9.30. The summed E-state index contributed by atoms with van der Waals surface area (Å²) < 4.78 is 0. The van der Waals surface area contributed by atoms with Crippen molar-refractivity contribution in [2.75, 3.05) is 0 Å². The zero-order valence-electron chi connectivity index (χ0n) is 8.37. The summed E-state index contributed by atoms with van der Waals surface area (Å²) in [5, 5.41) is 0. The van der Waals surface area contributed by atoms with Gasteiger partial charge >= 0.3 is 0 Å². The number of hydrogen-bond acceptors (Lipinski definition) is 1. The maximum atomic E-state index is 11.7. The highest BCUT2D eigenvalue weighted by Crippen LogP contribution is 2.27. The molecule has 0 fully saturated rings. The fourth-order valence-corrected chi connectivity index (χ4v) is 1.62. The van der Waals surface area contributed by atoms with Crippen molar-refractivity contribution in [3.63, 3.8) is 0 Å². The molecule has 0 N–H and O–H groups in total. The highest BCUT2D eigenvalue weighted by atomic mass is 16.1. The van der Waals surface area contributed by atoms with Crippen LogP contribution in [-0.2, 0) is 4.79 Å². The van der Waals surface area contributed by atoms with Crippen molar-refractivity contribution in [1.82, 2.24) is 0 Å². The summed E-state index contributed by atoms with van der Waals surface area (Å²) in [6.07, 6.45) is 4.35. The van der Waals surface area contributed by atoms with Crippen LogP contribution in [0.3, 0.4) is 0 Å². The standard InChI is InChI=1S/C11H18O/c1-7-5-6-8(2)10(4)11(12)9(7)3/h5-10H,1-4H3. The Morgan fingerprint density at radius 2 is 1.25 bits per heavy atom. The van der Waals surface area contributed by atoms with Gasteiger partial charge in [-0.05, 0) is 11.8 Å². The van der Waals surface area contributed by atoms with Crippen molar-refractivity contribution in [3.8, 4) is 0 Å². The van der Waals surface area contributed by atoms with Crippen LogP contribution in [0.4, 0.5) is 0 Å². The van der Waals surface area contributed by atoms with Gasteiger partial charge in [0.05, 0.1) is 0 Å². The molecule has 0 saturated heterocycles. The Hall–Kier alpha value is -0.590. The van der Waals surface area contributed by atoms with Crippen LogP contribution in [0.2, 0.25) is 0 Å². The molecule has 4 unspecified atom stereocenters. The molecule has 1 aliphatic carbocycles. The first-order valence-electron chi connectivity index (χ1n) is 4.76. The molecule has 0 aromatic carbocycles. The largest absolute Gasteiger partial charge is 0.299 e. The van der Waals surface area contributed by atoms with Crippen LogP contribution < -0.4 is 0 Å². The molecule has 0 aromatic rings. The van der Waals surface area contributed by atoms with Gasteiger partial charge in [-0.3, -0.25) is 4.79 Å². The Balaban J connectivity index is 2.87. The number of allylic oxidation sites excluding steroid dienone is 2. The van der Waals surface area contributed by atoms with E-state index in [0.717, 1.165) is 0 Å². The summed E-state index contributed by atoms with van der Waals surface area (Å²) in [6, 6.07) is 0. The van der Waals surface area contributed by atoms with Crippen molar-refractivity contribution in [1.29, 1.82) is 0 Å². The minimum Gasteiger partial charge on any atom is -0.299 e. The van der Waals surface area contributed by atoms with Crippen LogP contribution in [0, 0.1) is 23.7 Å². The quantitative estimate of drug-likeness (QED) is 0.506. The van der Waals surface area contributed by atoms with E-state index in [4.69, 9.17) is 0 Å². The molecule has 68 valence electrons. The van der Waals surface area contributed by atoms with Crippen molar-refractivity contribution < 1.29 is 4.79 Å². The Bertz CT molecular complexity index is 185. The SMILES string of the molecule is CC1C=CC(C)C(C)C(=O)C1C. The average molecular weight is 166 g/mol. The van der Waals surface area contributed by atoms with Gasteiger partial charge in [-0.1, -0.05) is 39.8 Å². The predicted octanol–water partition coefficient (Wildman–Crippen LogP) is 2.67. The molecule has 1 rings (SSSR count). The van der Waals surface area contributed by atoms with Gasteiger partial charge in [-0.2, -0.15) is 0 Å². The summed E-state index contributed by atoms with van der Waals surface area (Å²) in [4.78, 5) is 11.7. The maximum Gasteiger partial charge on any atom is 0.139 e. The second kappa shape index (κ2) is 3.42. The first-order valence-corrected chi connectivity index (χ1v) is 4.76. The fourth-order valence-electron chi connectivity index (χ4n) is 1.62. The monoisotopic (exact) mass is 166 g/mol. The summed E-state index contributed by atoms with van der Waals surface area (Å²) in [5.41, 5.74) is 0. The van der Waals surface area contributed by atoms with E-state index < -0.39 is 0 Å². The fraction of sp³-hybridized carbons (Fsp3) is 0.727. The van der Waals surface area contributed by atoms with Crippen molar-refractivity contribution in [3.05, 3.63) is 12.2 Å². The summed E-state index contributed by atoms with van der Waals surface area (Å²) >= 11 is 0. The molecule has 12 heavy (non-hydrogen) atoms. The lowest BCUT2D eigenvalue weighted by molar-refractivity contribution is -0.127. The van der Waals surface area contributed by atoms with Crippen LogP contribution >= 0.6 is 0 Å². The summed E-state index contributed by atoms with van der Waals surface area (Å²) in [6.45, 7) is 8.30. The predicted molar refractivity (Wildman–Crippen MR) is 50.8 cm³/mol. The van der Waals surface area contributed by atoms with Gasteiger partial charge in [0.2, 0.25) is 0 Å². The van der Waals surface area contributed by atoms with Crippen LogP contribution in [0.1, 0.15) is 27.7 Å². The maximum absolute atomic E-state index is 11.7. The average Bonchev–Trinajstić information content (AvgIpc) is 2.14. The molecular formula is C11H18O. The van der Waals surface area contributed by atoms with Crippen molar-refractivity contribution in [2.24, 2.45) is 23.7 Å². The summed E-state index contributed by atoms with van der Waals surface area (Å²) in [5.74, 6) is 1.62. The molecular weight excluding hydrogens is 148 g/mol. The van der Waals surface area contributed by atoms with Gasteiger partial charge in [-0.25, -0.2) is 0 Å². The molecule has 0 spiro atoms. The van der Waals surface area contributed by atoms with Gasteiger partial charge in [-0.15, -0.1) is 0 Å². The van der Waals surface area contributed by atoms with E-state index in [1.165, 1.54) is 0 Å². The molecule has 0 heterocycles. The highest BCUT2D eigenvalue weighted by Gasteiger charge is 2.28. The van der Waals surface area contributed by atoms with E-state index in [1.807, 2.05) is 13.8 Å². The van der Waals surface area contributed by atoms with Gasteiger partial charge in [0.1, 0.15) is 5.78 Å². The summed E-state index contributed by atoms with van der Waals surface area (Å²) in [7, 11) is 0. The number of rotatable bonds is 0. The molecule has 4 atom stereocenters. The second-order valence-electron chi connectivity index (χ2n) is 4.08. The number of ketones is 1. The molecule has 0 saturated carbocycles. The first kappa shape index (κ1) is 9.50. The minimum atomic E-state index is 0.196. The van der Waals surface area contributed by atoms with Gasteiger partial charge < -0.3 is 0 Å². The zero-order valence-corrected chi connectivity index (χ0v) is 8.37. The molecule has 0 aliphatic heterocycles. The lowest BCUT2D eigenvalue weighted by Gasteiger charge is -2.18. The van der Waals surface area contributed by atoms with E-state index in [0.29, 0.717) is 17.6 Å². The number of carbonyl (C=O) groups is 1. The highest BCUT2D eigenvalue weighted by molar-refractivity contribution is 5.84. The van der Waals surface area contributed by atoms with Gasteiger partial charge in [0.25, 0.3) is 0 Å². The van der Waals surface area contributed by atoms with E-state index in [2.05, 4.69) is 26.0 Å².